The topological polar surface area (TPSA) is 105 Å². The van der Waals surface area contributed by atoms with Crippen molar-refractivity contribution in [1.82, 2.24) is 0 Å². The van der Waals surface area contributed by atoms with Crippen molar-refractivity contribution in [3.05, 3.63) is 39.7 Å². The van der Waals surface area contributed by atoms with Crippen molar-refractivity contribution >= 4 is 21.1 Å². The Labute approximate surface area is 135 Å². The van der Waals surface area contributed by atoms with E-state index in [1.165, 1.54) is 6.07 Å². The second-order valence-corrected chi connectivity index (χ2v) is 6.89. The minimum absolute atomic E-state index is 0.0964. The number of phenolic OH excluding ortho intramolecular Hbond substituents is 1. The summed E-state index contributed by atoms with van der Waals surface area (Å²) in [6.07, 6.45) is 2.39. The third-order valence-electron chi connectivity index (χ3n) is 3.45. The molecule has 2 N–H and O–H groups in total. The molecule has 0 saturated carbocycles. The van der Waals surface area contributed by atoms with E-state index in [1.807, 2.05) is 13.8 Å². The molecule has 0 bridgehead atoms. The lowest BCUT2D eigenvalue weighted by atomic mass is 10.1. The smallest absolute Gasteiger partial charge is 0.339 e. The largest absolute Gasteiger partial charge is 0.508 e. The number of rotatable bonds is 4. The zero-order valence-electron chi connectivity index (χ0n) is 13.5. The van der Waals surface area contributed by atoms with E-state index in [-0.39, 0.29) is 17.1 Å². The van der Waals surface area contributed by atoms with Gasteiger partial charge in [-0.2, -0.15) is 8.42 Å². The van der Waals surface area contributed by atoms with Gasteiger partial charge in [-0.25, -0.2) is 4.79 Å². The van der Waals surface area contributed by atoms with Crippen LogP contribution in [-0.2, 0) is 10.1 Å². The Morgan fingerprint density at radius 2 is 1.78 bits per heavy atom. The lowest BCUT2D eigenvalue weighted by Gasteiger charge is -2.03. The Kier molecular flexibility index (Phi) is 6.78. The van der Waals surface area contributed by atoms with Crippen molar-refractivity contribution in [1.29, 1.82) is 0 Å². The van der Waals surface area contributed by atoms with Crippen molar-refractivity contribution in [2.24, 2.45) is 0 Å². The molecule has 6 nitrogen and oxygen atoms in total. The number of hydrogen-bond acceptors (Lipinski definition) is 5. The van der Waals surface area contributed by atoms with Gasteiger partial charge in [0.2, 0.25) is 0 Å². The van der Waals surface area contributed by atoms with Gasteiger partial charge < -0.3 is 9.52 Å². The average molecular weight is 342 g/mol. The molecule has 2 rings (SSSR count). The highest BCUT2D eigenvalue weighted by Crippen LogP contribution is 2.22. The van der Waals surface area contributed by atoms with Gasteiger partial charge in [-0.3, -0.25) is 4.55 Å². The molecule has 0 aliphatic rings. The first-order chi connectivity index (χ1) is 10.7. The van der Waals surface area contributed by atoms with Gasteiger partial charge in [0.25, 0.3) is 10.1 Å². The Morgan fingerprint density at radius 3 is 2.35 bits per heavy atom. The number of aromatic hydroxyl groups is 1. The molecule has 1 heterocycles. The number of hydrogen-bond donors (Lipinski definition) is 2. The molecule has 1 aromatic carbocycles. The van der Waals surface area contributed by atoms with E-state index in [0.29, 0.717) is 17.6 Å². The van der Waals surface area contributed by atoms with Crippen molar-refractivity contribution in [2.45, 2.75) is 40.0 Å². The van der Waals surface area contributed by atoms with Gasteiger partial charge in [0.1, 0.15) is 11.3 Å². The fraction of sp³-hybridized carbons (Fsp3) is 0.438. The van der Waals surface area contributed by atoms with Gasteiger partial charge in [0.15, 0.2) is 0 Å². The summed E-state index contributed by atoms with van der Waals surface area (Å²) in [4.78, 5) is 11.3. The number of benzene rings is 1. The summed E-state index contributed by atoms with van der Waals surface area (Å²) < 4.78 is 33.4. The van der Waals surface area contributed by atoms with E-state index in [0.717, 1.165) is 23.8 Å². The molecule has 1 aromatic heterocycles. The van der Waals surface area contributed by atoms with Gasteiger partial charge in [0, 0.05) is 17.0 Å². The molecule has 0 aliphatic heterocycles. The predicted molar refractivity (Wildman–Crippen MR) is 89.6 cm³/mol. The first kappa shape index (κ1) is 19.2. The Bertz CT molecular complexity index is 820. The summed E-state index contributed by atoms with van der Waals surface area (Å²) in [6, 6.07) is 4.77. The van der Waals surface area contributed by atoms with Crippen LogP contribution in [0.15, 0.2) is 27.4 Å². The molecule has 7 heteroatoms. The average Bonchev–Trinajstić information content (AvgIpc) is 2.44. The van der Waals surface area contributed by atoms with Crippen LogP contribution in [0, 0.1) is 13.8 Å². The lowest BCUT2D eigenvalue weighted by Crippen LogP contribution is -2.05. The van der Waals surface area contributed by atoms with Crippen LogP contribution in [0.4, 0.5) is 0 Å². The summed E-state index contributed by atoms with van der Waals surface area (Å²) in [5.41, 5.74) is 1.60. The second kappa shape index (κ2) is 8.12. The molecule has 23 heavy (non-hydrogen) atoms. The van der Waals surface area contributed by atoms with Crippen LogP contribution in [0.1, 0.15) is 37.3 Å². The third-order valence-corrected chi connectivity index (χ3v) is 4.25. The SMILES string of the molecule is CCCCCS(=O)(=O)O.Cc1c(C)c2ccc(O)cc2oc1=O. The fourth-order valence-electron chi connectivity index (χ4n) is 1.97. The number of phenols is 1. The molecule has 0 radical (unpaired) electrons. The highest BCUT2D eigenvalue weighted by Gasteiger charge is 2.07. The van der Waals surface area contributed by atoms with Crippen LogP contribution in [-0.4, -0.2) is 23.8 Å². The van der Waals surface area contributed by atoms with Crippen molar-refractivity contribution in [3.8, 4) is 5.75 Å². The number of fused-ring (bicyclic) bond motifs is 1. The Balaban J connectivity index is 0.000000257. The van der Waals surface area contributed by atoms with E-state index in [1.54, 1.807) is 19.1 Å². The summed E-state index contributed by atoms with van der Waals surface area (Å²) in [7, 11) is -3.70. The van der Waals surface area contributed by atoms with Crippen LogP contribution in [0.25, 0.3) is 11.0 Å². The minimum atomic E-state index is -3.70. The summed E-state index contributed by atoms with van der Waals surface area (Å²) in [5, 5.41) is 10.1. The molecule has 128 valence electrons. The molecule has 0 aliphatic carbocycles. The van der Waals surface area contributed by atoms with Gasteiger partial charge in [0.05, 0.1) is 5.75 Å². The zero-order chi connectivity index (χ0) is 17.6. The number of unbranched alkanes of at least 4 members (excludes halogenated alkanes) is 2. The highest BCUT2D eigenvalue weighted by atomic mass is 32.2. The van der Waals surface area contributed by atoms with E-state index in [4.69, 9.17) is 8.97 Å². The van der Waals surface area contributed by atoms with Crippen LogP contribution < -0.4 is 5.63 Å². The molecule has 0 saturated heterocycles. The van der Waals surface area contributed by atoms with Crippen LogP contribution in [0.2, 0.25) is 0 Å². The minimum Gasteiger partial charge on any atom is -0.508 e. The summed E-state index contributed by atoms with van der Waals surface area (Å²) >= 11 is 0. The van der Waals surface area contributed by atoms with Gasteiger partial charge in [-0.1, -0.05) is 19.8 Å². The Hall–Kier alpha value is -1.86. The first-order valence-corrected chi connectivity index (χ1v) is 8.94. The predicted octanol–water partition coefficient (Wildman–Crippen LogP) is 3.18. The van der Waals surface area contributed by atoms with Crippen LogP contribution >= 0.6 is 0 Å². The molecule has 0 unspecified atom stereocenters. The molecule has 0 fully saturated rings. The molecule has 0 atom stereocenters. The van der Waals surface area contributed by atoms with E-state index < -0.39 is 10.1 Å². The maximum absolute atomic E-state index is 11.3. The van der Waals surface area contributed by atoms with Gasteiger partial charge >= 0.3 is 5.63 Å². The monoisotopic (exact) mass is 342 g/mol. The van der Waals surface area contributed by atoms with Gasteiger partial charge in [-0.15, -0.1) is 0 Å². The third kappa shape index (κ3) is 6.03. The van der Waals surface area contributed by atoms with Crippen LogP contribution in [0.3, 0.4) is 0 Å². The molecule has 0 amide bonds. The van der Waals surface area contributed by atoms with Crippen molar-refractivity contribution in [2.75, 3.05) is 5.75 Å². The van der Waals surface area contributed by atoms with E-state index in [2.05, 4.69) is 0 Å². The lowest BCUT2D eigenvalue weighted by molar-refractivity contribution is 0.472. The maximum Gasteiger partial charge on any atom is 0.339 e. The van der Waals surface area contributed by atoms with Gasteiger partial charge in [-0.05, 0) is 38.0 Å². The molecular formula is C16H22O6S. The maximum atomic E-state index is 11.3. The normalized spacial score (nSPS) is 11.1. The van der Waals surface area contributed by atoms with E-state index >= 15 is 0 Å². The zero-order valence-corrected chi connectivity index (χ0v) is 14.3. The van der Waals surface area contributed by atoms with Crippen LogP contribution in [0.5, 0.6) is 5.75 Å². The Morgan fingerprint density at radius 1 is 1.13 bits per heavy atom. The van der Waals surface area contributed by atoms with Crippen molar-refractivity contribution in [3.63, 3.8) is 0 Å². The first-order valence-electron chi connectivity index (χ1n) is 7.34. The standard InChI is InChI=1S/C11H10O3.C5H12O3S/c1-6-7(2)11(13)14-10-5-8(12)3-4-9(6)10;1-2-3-4-5-9(6,7)8/h3-5,12H,1-2H3;2-5H2,1H3,(H,6,7,8). The molecular weight excluding hydrogens is 320 g/mol. The second-order valence-electron chi connectivity index (χ2n) is 5.31. The van der Waals surface area contributed by atoms with Crippen molar-refractivity contribution < 1.29 is 22.5 Å². The number of aryl methyl sites for hydroxylation is 1. The highest BCUT2D eigenvalue weighted by molar-refractivity contribution is 7.85. The summed E-state index contributed by atoms with van der Waals surface area (Å²) in [5.74, 6) is 0.00445. The molecule has 2 aromatic rings. The summed E-state index contributed by atoms with van der Waals surface area (Å²) in [6.45, 7) is 5.57. The molecule has 0 spiro atoms. The van der Waals surface area contributed by atoms with E-state index in [9.17, 15) is 18.3 Å². The quantitative estimate of drug-likeness (QED) is 0.502. The fourth-order valence-corrected chi connectivity index (χ4v) is 2.54.